The maximum absolute atomic E-state index is 13.4. The molecule has 0 radical (unpaired) electrons. The molecular weight excluding hydrogens is 482 g/mol. The molecule has 200 valence electrons. The van der Waals surface area contributed by atoms with E-state index in [2.05, 4.69) is 10.4 Å². The Morgan fingerprint density at radius 2 is 1.65 bits per heavy atom. The Morgan fingerprint density at radius 1 is 1.03 bits per heavy atom. The summed E-state index contributed by atoms with van der Waals surface area (Å²) in [5.41, 5.74) is -0.769. The number of carbonyl (C=O) groups is 4. The predicted octanol–water partition coefficient (Wildman–Crippen LogP) is 1.30. The van der Waals surface area contributed by atoms with Gasteiger partial charge in [-0.25, -0.2) is 9.48 Å². The lowest BCUT2D eigenvalue weighted by Crippen LogP contribution is -2.56. The maximum atomic E-state index is 13.4. The molecule has 1 aromatic heterocycles. The number of carbonyl (C=O) groups excluding carboxylic acids is 4. The van der Waals surface area contributed by atoms with E-state index in [0.29, 0.717) is 5.69 Å². The Bertz CT molecular complexity index is 1170. The molecule has 1 atom stereocenters. The number of nitrogens with zero attached hydrogens (tertiary/aromatic N) is 3. The Morgan fingerprint density at radius 3 is 2.24 bits per heavy atom. The lowest BCUT2D eigenvalue weighted by molar-refractivity contribution is -0.157. The van der Waals surface area contributed by atoms with Gasteiger partial charge in [-0.15, -0.1) is 0 Å². The van der Waals surface area contributed by atoms with Crippen molar-refractivity contribution in [2.75, 3.05) is 32.8 Å². The average molecular weight is 516 g/mol. The van der Waals surface area contributed by atoms with Crippen LogP contribution in [0.5, 0.6) is 0 Å². The number of piperazine rings is 1. The number of benzene rings is 1. The molecule has 0 aliphatic carbocycles. The zero-order chi connectivity index (χ0) is 27.2. The van der Waals surface area contributed by atoms with Gasteiger partial charge in [-0.1, -0.05) is 18.2 Å². The molecule has 2 aromatic rings. The molecule has 2 N–H and O–H groups in total. The largest absolute Gasteiger partial charge is 0.460 e. The topological polar surface area (TPSA) is 143 Å². The molecule has 0 spiro atoms. The lowest BCUT2D eigenvalue weighted by atomic mass is 10.1. The molecule has 1 aliphatic heterocycles. The van der Waals surface area contributed by atoms with E-state index in [-0.39, 0.29) is 38.5 Å². The van der Waals surface area contributed by atoms with Crippen LogP contribution < -0.4 is 10.9 Å². The van der Waals surface area contributed by atoms with E-state index in [1.165, 1.54) is 14.5 Å². The second-order valence-electron chi connectivity index (χ2n) is 9.51. The Labute approximate surface area is 214 Å². The van der Waals surface area contributed by atoms with E-state index >= 15 is 0 Å². The van der Waals surface area contributed by atoms with Crippen LogP contribution in [-0.4, -0.2) is 87.9 Å². The van der Waals surface area contributed by atoms with Gasteiger partial charge in [0.05, 0.1) is 18.7 Å². The fourth-order valence-corrected chi connectivity index (χ4v) is 3.81. The van der Waals surface area contributed by atoms with Crippen LogP contribution in [0.25, 0.3) is 5.69 Å². The minimum absolute atomic E-state index is 0.0667. The van der Waals surface area contributed by atoms with E-state index in [1.807, 2.05) is 0 Å². The van der Waals surface area contributed by atoms with Gasteiger partial charge >= 0.3 is 12.1 Å². The second kappa shape index (κ2) is 11.8. The first-order valence-corrected chi connectivity index (χ1v) is 12.1. The summed E-state index contributed by atoms with van der Waals surface area (Å²) in [5, 5.41) is 5.31. The van der Waals surface area contributed by atoms with Gasteiger partial charge in [-0.2, -0.15) is 0 Å². The van der Waals surface area contributed by atoms with Crippen molar-refractivity contribution in [3.05, 3.63) is 52.4 Å². The SMILES string of the molecule is CCOC(=O)N1CCN(C(=O)C(CC(=O)OC(C)(C)C)NC(=O)c2cc(=O)n(-c3ccccc3)[nH]2)CC1. The summed E-state index contributed by atoms with van der Waals surface area (Å²) < 4.78 is 11.6. The first-order valence-electron chi connectivity index (χ1n) is 12.1. The van der Waals surface area contributed by atoms with Crippen LogP contribution in [0, 0.1) is 0 Å². The molecule has 1 fully saturated rings. The van der Waals surface area contributed by atoms with Crippen molar-refractivity contribution >= 4 is 23.9 Å². The fourth-order valence-electron chi connectivity index (χ4n) is 3.81. The first kappa shape index (κ1) is 27.5. The van der Waals surface area contributed by atoms with Crippen molar-refractivity contribution in [2.45, 2.75) is 45.8 Å². The lowest BCUT2D eigenvalue weighted by Gasteiger charge is -2.36. The van der Waals surface area contributed by atoms with E-state index in [4.69, 9.17) is 9.47 Å². The zero-order valence-corrected chi connectivity index (χ0v) is 21.5. The van der Waals surface area contributed by atoms with Crippen LogP contribution in [0.4, 0.5) is 4.79 Å². The third kappa shape index (κ3) is 7.45. The van der Waals surface area contributed by atoms with Crippen LogP contribution in [0.1, 0.15) is 44.6 Å². The summed E-state index contributed by atoms with van der Waals surface area (Å²) in [5.74, 6) is -1.88. The standard InChI is InChI=1S/C25H33N5O7/c1-5-36-24(35)29-13-11-28(12-14-29)23(34)19(16-21(32)37-25(2,3)4)26-22(33)18-15-20(31)30(27-18)17-9-7-6-8-10-17/h6-10,15,19,27H,5,11-14,16H2,1-4H3,(H,26,33). The summed E-state index contributed by atoms with van der Waals surface area (Å²) >= 11 is 0. The molecule has 1 unspecified atom stereocenters. The van der Waals surface area contributed by atoms with Crippen molar-refractivity contribution in [1.29, 1.82) is 0 Å². The van der Waals surface area contributed by atoms with Crippen LogP contribution in [0.3, 0.4) is 0 Å². The summed E-state index contributed by atoms with van der Waals surface area (Å²) in [7, 11) is 0. The van der Waals surface area contributed by atoms with Gasteiger partial charge in [0.15, 0.2) is 0 Å². The highest BCUT2D eigenvalue weighted by Gasteiger charge is 2.33. The number of esters is 1. The molecule has 2 heterocycles. The van der Waals surface area contributed by atoms with Crippen molar-refractivity contribution in [2.24, 2.45) is 0 Å². The van der Waals surface area contributed by atoms with Crippen molar-refractivity contribution in [3.8, 4) is 5.69 Å². The fraction of sp³-hybridized carbons (Fsp3) is 0.480. The normalized spacial score (nSPS) is 14.6. The minimum Gasteiger partial charge on any atom is -0.460 e. The van der Waals surface area contributed by atoms with Gasteiger partial charge in [0.2, 0.25) is 5.91 Å². The predicted molar refractivity (Wildman–Crippen MR) is 133 cm³/mol. The number of nitrogens with one attached hydrogen (secondary N) is 2. The number of hydrogen-bond acceptors (Lipinski definition) is 7. The van der Waals surface area contributed by atoms with E-state index in [1.54, 1.807) is 58.0 Å². The number of rotatable bonds is 7. The number of aromatic amines is 1. The minimum atomic E-state index is -1.24. The van der Waals surface area contributed by atoms with E-state index in [9.17, 15) is 24.0 Å². The first-order chi connectivity index (χ1) is 17.5. The molecule has 0 bridgehead atoms. The molecule has 0 saturated carbocycles. The van der Waals surface area contributed by atoms with Crippen molar-refractivity contribution in [1.82, 2.24) is 24.9 Å². The molecule has 1 aliphatic rings. The summed E-state index contributed by atoms with van der Waals surface area (Å²) in [6.07, 6.45) is -0.857. The van der Waals surface area contributed by atoms with Gasteiger partial charge in [-0.3, -0.25) is 24.3 Å². The highest BCUT2D eigenvalue weighted by atomic mass is 16.6. The van der Waals surface area contributed by atoms with Gasteiger partial charge in [0, 0.05) is 32.2 Å². The molecule has 3 amide bonds. The average Bonchev–Trinajstić information content (AvgIpc) is 3.24. The van der Waals surface area contributed by atoms with Crippen molar-refractivity contribution in [3.63, 3.8) is 0 Å². The van der Waals surface area contributed by atoms with E-state index < -0.39 is 47.5 Å². The Kier molecular flexibility index (Phi) is 8.74. The molecular formula is C25H33N5O7. The van der Waals surface area contributed by atoms with Crippen LogP contribution >= 0.6 is 0 Å². The molecule has 37 heavy (non-hydrogen) atoms. The Balaban J connectivity index is 1.75. The summed E-state index contributed by atoms with van der Waals surface area (Å²) in [6.45, 7) is 7.98. The van der Waals surface area contributed by atoms with E-state index in [0.717, 1.165) is 6.07 Å². The van der Waals surface area contributed by atoms with Gasteiger partial charge in [-0.05, 0) is 39.8 Å². The highest BCUT2D eigenvalue weighted by Crippen LogP contribution is 2.13. The third-order valence-corrected chi connectivity index (χ3v) is 5.49. The molecule has 12 heteroatoms. The molecule has 3 rings (SSSR count). The van der Waals surface area contributed by atoms with Gasteiger partial charge in [0.1, 0.15) is 17.3 Å². The second-order valence-corrected chi connectivity index (χ2v) is 9.51. The number of aromatic nitrogens is 2. The smallest absolute Gasteiger partial charge is 0.409 e. The summed E-state index contributed by atoms with van der Waals surface area (Å²) in [4.78, 5) is 66.3. The Hall–Kier alpha value is -4.09. The van der Waals surface area contributed by atoms with Crippen LogP contribution in [0.15, 0.2) is 41.2 Å². The van der Waals surface area contributed by atoms with Crippen LogP contribution in [0.2, 0.25) is 0 Å². The highest BCUT2D eigenvalue weighted by molar-refractivity contribution is 5.97. The maximum Gasteiger partial charge on any atom is 0.409 e. The third-order valence-electron chi connectivity index (χ3n) is 5.49. The molecule has 12 nitrogen and oxygen atoms in total. The molecule has 1 saturated heterocycles. The number of amides is 3. The van der Waals surface area contributed by atoms with Crippen LogP contribution in [-0.2, 0) is 19.1 Å². The van der Waals surface area contributed by atoms with Gasteiger partial charge in [0.25, 0.3) is 11.5 Å². The number of hydrogen-bond donors (Lipinski definition) is 2. The number of para-hydroxylation sites is 1. The van der Waals surface area contributed by atoms with Crippen molar-refractivity contribution < 1.29 is 28.7 Å². The summed E-state index contributed by atoms with van der Waals surface area (Å²) in [6, 6.07) is 8.58. The number of H-pyrrole nitrogens is 1. The number of ether oxygens (including phenoxy) is 2. The zero-order valence-electron chi connectivity index (χ0n) is 21.5. The van der Waals surface area contributed by atoms with Gasteiger partial charge < -0.3 is 24.6 Å². The molecule has 1 aromatic carbocycles. The quantitative estimate of drug-likeness (QED) is 0.529. The monoisotopic (exact) mass is 515 g/mol.